The number of unbranched alkanes of at least 4 members (excludes halogenated alkanes) is 15. The van der Waals surface area contributed by atoms with Gasteiger partial charge < -0.3 is 5.73 Å². The van der Waals surface area contributed by atoms with E-state index >= 15 is 0 Å². The number of rotatable bonds is 18. The molecule has 0 heterocycles. The van der Waals surface area contributed by atoms with Gasteiger partial charge in [-0.25, -0.2) is 0 Å². The Morgan fingerprint density at radius 2 is 0.808 bits per heavy atom. The monoisotopic (exact) mass is 381 g/mol. The zero-order chi connectivity index (χ0) is 17.8. The highest BCUT2D eigenvalue weighted by Crippen LogP contribution is 2.14. The molecule has 1 aromatic carbocycles. The van der Waals surface area contributed by atoms with E-state index in [1.54, 1.807) is 0 Å². The Hall–Kier alpha value is -0.530. The Labute approximate surface area is 169 Å². The minimum atomic E-state index is 0. The number of aryl methyl sites for hydroxylation is 1. The van der Waals surface area contributed by atoms with Crippen LogP contribution >= 0.6 is 12.4 Å². The molecule has 2 N–H and O–H groups in total. The molecule has 0 saturated carbocycles. The van der Waals surface area contributed by atoms with Crippen molar-refractivity contribution in [2.45, 2.75) is 109 Å². The predicted octanol–water partition coefficient (Wildman–Crippen LogP) is 7.85. The van der Waals surface area contributed by atoms with Crippen molar-refractivity contribution in [2.24, 2.45) is 5.73 Å². The van der Waals surface area contributed by atoms with Crippen molar-refractivity contribution in [1.82, 2.24) is 0 Å². The van der Waals surface area contributed by atoms with Crippen LogP contribution in [-0.2, 0) is 6.42 Å². The van der Waals surface area contributed by atoms with Gasteiger partial charge in [0.1, 0.15) is 0 Å². The molecule has 0 aliphatic rings. The summed E-state index contributed by atoms with van der Waals surface area (Å²) >= 11 is 0. The quantitative estimate of drug-likeness (QED) is 0.257. The number of hydrogen-bond acceptors (Lipinski definition) is 1. The van der Waals surface area contributed by atoms with Crippen LogP contribution in [0.15, 0.2) is 30.3 Å². The molecule has 26 heavy (non-hydrogen) atoms. The first-order valence-electron chi connectivity index (χ1n) is 11.2. The summed E-state index contributed by atoms with van der Waals surface area (Å²) in [4.78, 5) is 0. The number of nitrogens with two attached hydrogens (primary N) is 1. The third kappa shape index (κ3) is 16.9. The molecule has 0 saturated heterocycles. The molecule has 0 atom stereocenters. The first-order chi connectivity index (χ1) is 12.4. The van der Waals surface area contributed by atoms with E-state index in [4.69, 9.17) is 5.73 Å². The molecule has 2 heteroatoms. The molecule has 0 bridgehead atoms. The van der Waals surface area contributed by atoms with Crippen LogP contribution in [0.25, 0.3) is 0 Å². The lowest BCUT2D eigenvalue weighted by atomic mass is 10.0. The predicted molar refractivity (Wildman–Crippen MR) is 120 cm³/mol. The molecule has 0 aliphatic heterocycles. The van der Waals surface area contributed by atoms with Crippen molar-refractivity contribution in [3.63, 3.8) is 0 Å². The second-order valence-electron chi connectivity index (χ2n) is 7.68. The van der Waals surface area contributed by atoms with Crippen LogP contribution in [0.1, 0.15) is 108 Å². The Morgan fingerprint density at radius 1 is 0.462 bits per heavy atom. The highest BCUT2D eigenvalue weighted by atomic mass is 35.5. The van der Waals surface area contributed by atoms with E-state index in [1.807, 2.05) is 0 Å². The Balaban J connectivity index is 0.00000625. The minimum Gasteiger partial charge on any atom is -0.330 e. The molecule has 1 nitrogen and oxygen atoms in total. The van der Waals surface area contributed by atoms with E-state index < -0.39 is 0 Å². The second kappa shape index (κ2) is 20.8. The fraction of sp³-hybridized carbons (Fsp3) is 0.750. The maximum atomic E-state index is 5.51. The van der Waals surface area contributed by atoms with Crippen molar-refractivity contribution < 1.29 is 0 Å². The zero-order valence-electron chi connectivity index (χ0n) is 17.1. The van der Waals surface area contributed by atoms with Crippen LogP contribution in [0.3, 0.4) is 0 Å². The molecule has 0 amide bonds. The third-order valence-corrected chi connectivity index (χ3v) is 5.26. The second-order valence-corrected chi connectivity index (χ2v) is 7.68. The topological polar surface area (TPSA) is 26.0 Å². The normalized spacial score (nSPS) is 10.7. The van der Waals surface area contributed by atoms with Crippen molar-refractivity contribution in [3.8, 4) is 0 Å². The van der Waals surface area contributed by atoms with Crippen LogP contribution < -0.4 is 5.73 Å². The summed E-state index contributed by atoms with van der Waals surface area (Å²) in [6.45, 7) is 0.869. The lowest BCUT2D eigenvalue weighted by molar-refractivity contribution is 0.528. The number of hydrogen-bond donors (Lipinski definition) is 1. The van der Waals surface area contributed by atoms with Gasteiger partial charge in [0.2, 0.25) is 0 Å². The van der Waals surface area contributed by atoms with E-state index in [9.17, 15) is 0 Å². The van der Waals surface area contributed by atoms with E-state index in [-0.39, 0.29) is 12.4 Å². The fourth-order valence-electron chi connectivity index (χ4n) is 3.59. The smallest absolute Gasteiger partial charge is 0.00773 e. The van der Waals surface area contributed by atoms with Crippen LogP contribution in [-0.4, -0.2) is 6.54 Å². The van der Waals surface area contributed by atoms with Crippen molar-refractivity contribution in [1.29, 1.82) is 0 Å². The molecule has 1 aromatic rings. The first kappa shape index (κ1) is 25.5. The molecule has 0 spiro atoms. The van der Waals surface area contributed by atoms with Gasteiger partial charge in [-0.1, -0.05) is 120 Å². The average Bonchev–Trinajstić information content (AvgIpc) is 2.65. The van der Waals surface area contributed by atoms with Gasteiger partial charge in [0.15, 0.2) is 0 Å². The molecular weight excluding hydrogens is 338 g/mol. The molecule has 0 unspecified atom stereocenters. The molecular formula is C24H44ClN. The summed E-state index contributed by atoms with van der Waals surface area (Å²) in [6, 6.07) is 10.9. The maximum Gasteiger partial charge on any atom is -0.00773 e. The molecule has 0 aromatic heterocycles. The van der Waals surface area contributed by atoms with Gasteiger partial charge in [-0.15, -0.1) is 12.4 Å². The minimum absolute atomic E-state index is 0. The number of benzene rings is 1. The lowest BCUT2D eigenvalue weighted by Crippen LogP contribution is -1.97. The lowest BCUT2D eigenvalue weighted by Gasteiger charge is -2.04. The Kier molecular flexibility index (Phi) is 20.4. The van der Waals surface area contributed by atoms with Gasteiger partial charge in [0.05, 0.1) is 0 Å². The molecule has 0 aliphatic carbocycles. The standard InChI is InChI=1S/C24H43N.ClH/c25-23-19-14-12-10-8-6-4-2-1-3-5-7-9-11-13-16-20-24-21-17-15-18-22-24;/h15,17-18,21-22H,1-14,16,19-20,23,25H2;1H. The highest BCUT2D eigenvalue weighted by Gasteiger charge is 1.95. The summed E-state index contributed by atoms with van der Waals surface area (Å²) in [5.74, 6) is 0. The van der Waals surface area contributed by atoms with Crippen molar-refractivity contribution in [3.05, 3.63) is 35.9 Å². The van der Waals surface area contributed by atoms with E-state index in [1.165, 1.54) is 115 Å². The SMILES string of the molecule is Cl.NCCCCCCCCCCCCCCCCCCc1ccccc1. The van der Waals surface area contributed by atoms with Gasteiger partial charge in [-0.3, -0.25) is 0 Å². The Bertz CT molecular complexity index is 366. The number of halogens is 1. The first-order valence-corrected chi connectivity index (χ1v) is 11.2. The van der Waals surface area contributed by atoms with Gasteiger partial charge in [-0.2, -0.15) is 0 Å². The van der Waals surface area contributed by atoms with Crippen LogP contribution in [0.2, 0.25) is 0 Å². The highest BCUT2D eigenvalue weighted by molar-refractivity contribution is 5.85. The van der Waals surface area contributed by atoms with Crippen LogP contribution in [0, 0.1) is 0 Å². The van der Waals surface area contributed by atoms with Crippen LogP contribution in [0.4, 0.5) is 0 Å². The Morgan fingerprint density at radius 3 is 1.19 bits per heavy atom. The van der Waals surface area contributed by atoms with Crippen molar-refractivity contribution in [2.75, 3.05) is 6.54 Å². The zero-order valence-corrected chi connectivity index (χ0v) is 17.9. The largest absolute Gasteiger partial charge is 0.330 e. The van der Waals surface area contributed by atoms with Gasteiger partial charge in [-0.05, 0) is 31.4 Å². The summed E-state index contributed by atoms with van der Waals surface area (Å²) < 4.78 is 0. The van der Waals surface area contributed by atoms with E-state index in [2.05, 4.69) is 30.3 Å². The summed E-state index contributed by atoms with van der Waals surface area (Å²) in [7, 11) is 0. The average molecular weight is 382 g/mol. The molecule has 1 rings (SSSR count). The van der Waals surface area contributed by atoms with Crippen LogP contribution in [0.5, 0.6) is 0 Å². The summed E-state index contributed by atoms with van der Waals surface area (Å²) in [5, 5.41) is 0. The van der Waals surface area contributed by atoms with Crippen molar-refractivity contribution >= 4 is 12.4 Å². The summed E-state index contributed by atoms with van der Waals surface area (Å²) in [6.07, 6.45) is 23.9. The van der Waals surface area contributed by atoms with Gasteiger partial charge in [0, 0.05) is 0 Å². The molecule has 152 valence electrons. The third-order valence-electron chi connectivity index (χ3n) is 5.26. The summed E-state index contributed by atoms with van der Waals surface area (Å²) in [5.41, 5.74) is 7.01. The fourth-order valence-corrected chi connectivity index (χ4v) is 3.59. The maximum absolute atomic E-state index is 5.51. The molecule has 0 radical (unpaired) electrons. The van der Waals surface area contributed by atoms with Gasteiger partial charge in [0.25, 0.3) is 0 Å². The van der Waals surface area contributed by atoms with Gasteiger partial charge >= 0.3 is 0 Å². The van der Waals surface area contributed by atoms with E-state index in [0.29, 0.717) is 0 Å². The van der Waals surface area contributed by atoms with E-state index in [0.717, 1.165) is 6.54 Å². The molecule has 0 fully saturated rings.